The third kappa shape index (κ3) is 2.08. The maximum absolute atomic E-state index is 3.79. The van der Waals surface area contributed by atoms with Crippen molar-refractivity contribution in [1.82, 2.24) is 4.98 Å². The quantitative estimate of drug-likeness (QED) is 0.639. The van der Waals surface area contributed by atoms with Crippen molar-refractivity contribution in [1.29, 1.82) is 0 Å². The first-order valence-electron chi connectivity index (χ1n) is 6.57. The molecule has 0 amide bonds. The van der Waals surface area contributed by atoms with Crippen molar-refractivity contribution >= 4 is 21.8 Å². The molecule has 3 aromatic rings. The lowest BCUT2D eigenvalue weighted by Crippen LogP contribution is -1.79. The molecule has 0 unspecified atom stereocenters. The zero-order chi connectivity index (χ0) is 13.2. The molecule has 0 aliphatic carbocycles. The fourth-order valence-electron chi connectivity index (χ4n) is 2.59. The van der Waals surface area contributed by atoms with E-state index in [0.717, 1.165) is 12.8 Å². The standard InChI is InChI=1S/C18H17N/c1-3-5-13-7-9-15-16-10-8-14(6-4-2)12-18(16)19-17(15)11-13/h3-4,7-12,19H,1-2,5-6H2. The number of rotatable bonds is 4. The van der Waals surface area contributed by atoms with Crippen LogP contribution in [0.1, 0.15) is 11.1 Å². The first-order chi connectivity index (χ1) is 9.31. The molecule has 0 spiro atoms. The highest BCUT2D eigenvalue weighted by Crippen LogP contribution is 2.27. The van der Waals surface area contributed by atoms with E-state index in [4.69, 9.17) is 0 Å². The first kappa shape index (κ1) is 11.8. The van der Waals surface area contributed by atoms with Crippen LogP contribution in [-0.2, 0) is 12.8 Å². The number of benzene rings is 2. The fraction of sp³-hybridized carbons (Fsp3) is 0.111. The number of allylic oxidation sites excluding steroid dienone is 2. The molecule has 0 fully saturated rings. The second-order valence-corrected chi connectivity index (χ2v) is 4.87. The molecule has 0 aliphatic rings. The van der Waals surface area contributed by atoms with Gasteiger partial charge in [-0.15, -0.1) is 13.2 Å². The van der Waals surface area contributed by atoms with Crippen LogP contribution in [0.2, 0.25) is 0 Å². The molecular formula is C18H17N. The van der Waals surface area contributed by atoms with E-state index in [-0.39, 0.29) is 0 Å². The van der Waals surface area contributed by atoms with E-state index < -0.39 is 0 Å². The molecular weight excluding hydrogens is 230 g/mol. The molecule has 94 valence electrons. The summed E-state index contributed by atoms with van der Waals surface area (Å²) in [7, 11) is 0. The highest BCUT2D eigenvalue weighted by atomic mass is 14.7. The second-order valence-electron chi connectivity index (χ2n) is 4.87. The Labute approximate surface area is 113 Å². The summed E-state index contributed by atoms with van der Waals surface area (Å²) in [5, 5.41) is 2.57. The van der Waals surface area contributed by atoms with E-state index in [9.17, 15) is 0 Å². The Bertz CT molecular complexity index is 698. The van der Waals surface area contributed by atoms with E-state index in [1.165, 1.54) is 32.9 Å². The molecule has 0 saturated carbocycles. The molecule has 19 heavy (non-hydrogen) atoms. The molecule has 0 saturated heterocycles. The minimum absolute atomic E-state index is 0.910. The first-order valence-corrected chi connectivity index (χ1v) is 6.57. The van der Waals surface area contributed by atoms with Gasteiger partial charge in [0.15, 0.2) is 0 Å². The van der Waals surface area contributed by atoms with Crippen LogP contribution in [0.4, 0.5) is 0 Å². The van der Waals surface area contributed by atoms with Crippen molar-refractivity contribution in [3.8, 4) is 0 Å². The van der Waals surface area contributed by atoms with Gasteiger partial charge in [-0.3, -0.25) is 0 Å². The van der Waals surface area contributed by atoms with E-state index in [2.05, 4.69) is 54.5 Å². The van der Waals surface area contributed by atoms with Crippen molar-refractivity contribution in [2.75, 3.05) is 0 Å². The third-order valence-electron chi connectivity index (χ3n) is 3.49. The Kier molecular flexibility index (Phi) is 2.96. The zero-order valence-electron chi connectivity index (χ0n) is 10.9. The van der Waals surface area contributed by atoms with Gasteiger partial charge in [0.1, 0.15) is 0 Å². The Hall–Kier alpha value is -2.28. The van der Waals surface area contributed by atoms with Crippen LogP contribution in [0.25, 0.3) is 21.8 Å². The molecule has 0 bridgehead atoms. The second kappa shape index (κ2) is 4.77. The number of aromatic nitrogens is 1. The van der Waals surface area contributed by atoms with Gasteiger partial charge in [-0.2, -0.15) is 0 Å². The van der Waals surface area contributed by atoms with Crippen molar-refractivity contribution in [3.63, 3.8) is 0 Å². The summed E-state index contributed by atoms with van der Waals surface area (Å²) in [5.74, 6) is 0. The number of hydrogen-bond acceptors (Lipinski definition) is 0. The van der Waals surface area contributed by atoms with Crippen LogP contribution in [0, 0.1) is 0 Å². The zero-order valence-corrected chi connectivity index (χ0v) is 10.9. The van der Waals surface area contributed by atoms with E-state index >= 15 is 0 Å². The third-order valence-corrected chi connectivity index (χ3v) is 3.49. The summed E-state index contributed by atoms with van der Waals surface area (Å²) >= 11 is 0. The number of hydrogen-bond donors (Lipinski definition) is 1. The van der Waals surface area contributed by atoms with Crippen molar-refractivity contribution in [2.45, 2.75) is 12.8 Å². The highest BCUT2D eigenvalue weighted by Gasteiger charge is 2.05. The average Bonchev–Trinajstić information content (AvgIpc) is 2.76. The predicted molar refractivity (Wildman–Crippen MR) is 83.6 cm³/mol. The number of aromatic amines is 1. The Morgan fingerprint density at radius 3 is 1.68 bits per heavy atom. The summed E-state index contributed by atoms with van der Waals surface area (Å²) in [6.45, 7) is 7.58. The monoisotopic (exact) mass is 247 g/mol. The summed E-state index contributed by atoms with van der Waals surface area (Å²) in [6, 6.07) is 13.2. The number of fused-ring (bicyclic) bond motifs is 3. The number of H-pyrrole nitrogens is 1. The van der Waals surface area contributed by atoms with Crippen LogP contribution in [0.5, 0.6) is 0 Å². The molecule has 1 heteroatoms. The van der Waals surface area contributed by atoms with Crippen LogP contribution >= 0.6 is 0 Å². The molecule has 3 rings (SSSR count). The van der Waals surface area contributed by atoms with Crippen LogP contribution < -0.4 is 0 Å². The smallest absolute Gasteiger partial charge is 0.0467 e. The van der Waals surface area contributed by atoms with Gasteiger partial charge in [0.2, 0.25) is 0 Å². The molecule has 1 heterocycles. The molecule has 0 aliphatic heterocycles. The predicted octanol–water partition coefficient (Wildman–Crippen LogP) is 4.78. The van der Waals surface area contributed by atoms with E-state index in [1.54, 1.807) is 0 Å². The van der Waals surface area contributed by atoms with Gasteiger partial charge in [0.25, 0.3) is 0 Å². The Balaban J connectivity index is 2.19. The maximum atomic E-state index is 3.79. The van der Waals surface area contributed by atoms with Crippen LogP contribution in [-0.4, -0.2) is 4.98 Å². The van der Waals surface area contributed by atoms with Crippen LogP contribution in [0.3, 0.4) is 0 Å². The largest absolute Gasteiger partial charge is 0.354 e. The Morgan fingerprint density at radius 1 is 0.789 bits per heavy atom. The normalized spacial score (nSPS) is 10.9. The van der Waals surface area contributed by atoms with Gasteiger partial charge in [0.05, 0.1) is 0 Å². The minimum atomic E-state index is 0.910. The minimum Gasteiger partial charge on any atom is -0.354 e. The fourth-order valence-corrected chi connectivity index (χ4v) is 2.59. The van der Waals surface area contributed by atoms with Gasteiger partial charge < -0.3 is 4.98 Å². The van der Waals surface area contributed by atoms with Crippen LogP contribution in [0.15, 0.2) is 61.7 Å². The molecule has 1 N–H and O–H groups in total. The Morgan fingerprint density at radius 2 is 1.26 bits per heavy atom. The number of nitrogens with one attached hydrogen (secondary N) is 1. The van der Waals surface area contributed by atoms with Gasteiger partial charge in [-0.05, 0) is 36.1 Å². The van der Waals surface area contributed by atoms with Gasteiger partial charge in [0, 0.05) is 21.8 Å². The van der Waals surface area contributed by atoms with Crippen molar-refractivity contribution < 1.29 is 0 Å². The maximum Gasteiger partial charge on any atom is 0.0467 e. The highest BCUT2D eigenvalue weighted by molar-refractivity contribution is 6.07. The summed E-state index contributed by atoms with van der Waals surface area (Å²) in [5.41, 5.74) is 4.98. The van der Waals surface area contributed by atoms with Crippen molar-refractivity contribution in [2.24, 2.45) is 0 Å². The lowest BCUT2D eigenvalue weighted by molar-refractivity contribution is 1.28. The molecule has 0 atom stereocenters. The van der Waals surface area contributed by atoms with Gasteiger partial charge in [-0.1, -0.05) is 36.4 Å². The average molecular weight is 247 g/mol. The lowest BCUT2D eigenvalue weighted by Gasteiger charge is -1.97. The molecule has 2 aromatic carbocycles. The van der Waals surface area contributed by atoms with Gasteiger partial charge >= 0.3 is 0 Å². The summed E-state index contributed by atoms with van der Waals surface area (Å²) in [6.07, 6.45) is 5.69. The van der Waals surface area contributed by atoms with E-state index in [0.29, 0.717) is 0 Å². The summed E-state index contributed by atoms with van der Waals surface area (Å²) in [4.78, 5) is 3.51. The van der Waals surface area contributed by atoms with Gasteiger partial charge in [-0.25, -0.2) is 0 Å². The summed E-state index contributed by atoms with van der Waals surface area (Å²) < 4.78 is 0. The lowest BCUT2D eigenvalue weighted by atomic mass is 10.1. The van der Waals surface area contributed by atoms with Crippen molar-refractivity contribution in [3.05, 3.63) is 72.8 Å². The molecule has 0 radical (unpaired) electrons. The molecule has 1 aromatic heterocycles. The SMILES string of the molecule is C=CCc1ccc2c(c1)[nH]c1cc(CC=C)ccc12. The topological polar surface area (TPSA) is 15.8 Å². The van der Waals surface area contributed by atoms with E-state index in [1.807, 2.05) is 12.2 Å². The molecule has 1 nitrogen and oxygen atoms in total.